The van der Waals surface area contributed by atoms with Crippen LogP contribution in [-0.2, 0) is 16.0 Å². The summed E-state index contributed by atoms with van der Waals surface area (Å²) >= 11 is 4.93. The molecule has 0 aromatic carbocycles. The SMILES string of the molecule is CN(CCc1cc(Br)cs1)C(=O)C(N)C(=O)O. The fourth-order valence-corrected chi connectivity index (χ4v) is 2.66. The largest absolute Gasteiger partial charge is 0.480 e. The van der Waals surface area contributed by atoms with Gasteiger partial charge in [-0.05, 0) is 28.4 Å². The lowest BCUT2D eigenvalue weighted by molar-refractivity contribution is -0.145. The van der Waals surface area contributed by atoms with E-state index < -0.39 is 17.9 Å². The zero-order valence-electron chi connectivity index (χ0n) is 9.22. The molecule has 1 aromatic rings. The number of nitrogens with two attached hydrogens (primary N) is 1. The third-order valence-corrected chi connectivity index (χ3v) is 3.98. The van der Waals surface area contributed by atoms with E-state index in [-0.39, 0.29) is 0 Å². The molecule has 3 N–H and O–H groups in total. The molecule has 94 valence electrons. The quantitative estimate of drug-likeness (QED) is 0.790. The third kappa shape index (κ3) is 4.10. The number of carbonyl (C=O) groups excluding carboxylic acids is 1. The first-order valence-corrected chi connectivity index (χ1v) is 6.55. The Bertz CT molecular complexity index is 421. The van der Waals surface area contributed by atoms with Gasteiger partial charge in [0, 0.05) is 28.3 Å². The van der Waals surface area contributed by atoms with E-state index in [4.69, 9.17) is 10.8 Å². The standard InChI is InChI=1S/C10H13BrN2O3S/c1-13(9(14)8(12)10(15)16)3-2-7-4-6(11)5-17-7/h4-5,8H,2-3,12H2,1H3,(H,15,16). The smallest absolute Gasteiger partial charge is 0.330 e. The van der Waals surface area contributed by atoms with Crippen molar-refractivity contribution in [2.75, 3.05) is 13.6 Å². The number of likely N-dealkylation sites (N-methyl/N-ethyl adjacent to an activating group) is 1. The summed E-state index contributed by atoms with van der Waals surface area (Å²) in [6.07, 6.45) is 0.685. The van der Waals surface area contributed by atoms with Gasteiger partial charge in [0.2, 0.25) is 0 Å². The molecule has 0 aliphatic carbocycles. The molecule has 0 aliphatic rings. The second kappa shape index (κ2) is 6.13. The van der Waals surface area contributed by atoms with E-state index >= 15 is 0 Å². The maximum absolute atomic E-state index is 11.5. The number of carboxylic acids is 1. The first kappa shape index (κ1) is 14.1. The zero-order chi connectivity index (χ0) is 13.0. The van der Waals surface area contributed by atoms with Crippen LogP contribution in [0.2, 0.25) is 0 Å². The number of carbonyl (C=O) groups is 2. The molecule has 7 heteroatoms. The predicted octanol–water partition coefficient (Wildman–Crippen LogP) is 0.923. The van der Waals surface area contributed by atoms with Gasteiger partial charge in [-0.3, -0.25) is 4.79 Å². The Balaban J connectivity index is 2.47. The van der Waals surface area contributed by atoms with Crippen molar-refractivity contribution >= 4 is 39.1 Å². The highest BCUT2D eigenvalue weighted by molar-refractivity contribution is 9.10. The van der Waals surface area contributed by atoms with Crippen LogP contribution in [0.25, 0.3) is 0 Å². The minimum Gasteiger partial charge on any atom is -0.480 e. The van der Waals surface area contributed by atoms with Crippen LogP contribution >= 0.6 is 27.3 Å². The average Bonchev–Trinajstić information content (AvgIpc) is 2.69. The number of rotatable bonds is 5. The van der Waals surface area contributed by atoms with Gasteiger partial charge >= 0.3 is 5.97 Å². The summed E-state index contributed by atoms with van der Waals surface area (Å²) in [5.74, 6) is -1.88. The van der Waals surface area contributed by atoms with Gasteiger partial charge in [0.15, 0.2) is 6.04 Å². The van der Waals surface area contributed by atoms with Gasteiger partial charge in [-0.2, -0.15) is 0 Å². The molecule has 0 saturated heterocycles. The predicted molar refractivity (Wildman–Crippen MR) is 69.0 cm³/mol. The van der Waals surface area contributed by atoms with Gasteiger partial charge in [-0.25, -0.2) is 4.79 Å². The molecule has 5 nitrogen and oxygen atoms in total. The van der Waals surface area contributed by atoms with Crippen molar-refractivity contribution in [1.29, 1.82) is 0 Å². The lowest BCUT2D eigenvalue weighted by Crippen LogP contribution is -2.47. The molecule has 1 atom stereocenters. The van der Waals surface area contributed by atoms with E-state index in [1.54, 1.807) is 18.4 Å². The molecule has 0 radical (unpaired) electrons. The number of hydrogen-bond donors (Lipinski definition) is 2. The molecular weight excluding hydrogens is 308 g/mol. The van der Waals surface area contributed by atoms with Crippen LogP contribution in [0.15, 0.2) is 15.9 Å². The minimum absolute atomic E-state index is 0.451. The number of hydrogen-bond acceptors (Lipinski definition) is 4. The molecule has 0 saturated carbocycles. The van der Waals surface area contributed by atoms with E-state index in [0.29, 0.717) is 13.0 Å². The minimum atomic E-state index is -1.48. The molecule has 17 heavy (non-hydrogen) atoms. The summed E-state index contributed by atoms with van der Waals surface area (Å²) in [5, 5.41) is 10.6. The van der Waals surface area contributed by atoms with Crippen LogP contribution in [0, 0.1) is 0 Å². The Kier molecular flexibility index (Phi) is 5.10. The normalized spacial score (nSPS) is 12.2. The van der Waals surface area contributed by atoms with E-state index in [1.165, 1.54) is 4.90 Å². The Morgan fingerprint density at radius 1 is 1.65 bits per heavy atom. The Labute approximate surface area is 111 Å². The van der Waals surface area contributed by atoms with Crippen LogP contribution in [0.3, 0.4) is 0 Å². The van der Waals surface area contributed by atoms with E-state index in [0.717, 1.165) is 9.35 Å². The number of thiophene rings is 1. The molecular formula is C10H13BrN2O3S. The number of aliphatic carboxylic acids is 1. The van der Waals surface area contributed by atoms with Gasteiger partial charge in [-0.15, -0.1) is 11.3 Å². The van der Waals surface area contributed by atoms with Crippen LogP contribution in [0.1, 0.15) is 4.88 Å². The first-order chi connectivity index (χ1) is 7.91. The Hall–Kier alpha value is -0.920. The highest BCUT2D eigenvalue weighted by Gasteiger charge is 2.24. The molecule has 0 bridgehead atoms. The molecule has 0 aliphatic heterocycles. The highest BCUT2D eigenvalue weighted by Crippen LogP contribution is 2.20. The lowest BCUT2D eigenvalue weighted by atomic mass is 10.2. The topological polar surface area (TPSA) is 83.6 Å². The maximum atomic E-state index is 11.5. The van der Waals surface area contributed by atoms with Crippen molar-refractivity contribution in [2.45, 2.75) is 12.5 Å². The van der Waals surface area contributed by atoms with Crippen molar-refractivity contribution < 1.29 is 14.7 Å². The second-order valence-corrected chi connectivity index (χ2v) is 5.47. The van der Waals surface area contributed by atoms with Crippen LogP contribution in [-0.4, -0.2) is 41.5 Å². The third-order valence-electron chi connectivity index (χ3n) is 2.22. The summed E-state index contributed by atoms with van der Waals surface area (Å²) in [6.45, 7) is 0.451. The molecule has 1 amide bonds. The summed E-state index contributed by atoms with van der Waals surface area (Å²) < 4.78 is 1.01. The molecule has 1 rings (SSSR count). The summed E-state index contributed by atoms with van der Waals surface area (Å²) in [6, 6.07) is 0.496. The fourth-order valence-electron chi connectivity index (χ4n) is 1.22. The average molecular weight is 321 g/mol. The number of amides is 1. The number of halogens is 1. The van der Waals surface area contributed by atoms with E-state index in [2.05, 4.69) is 15.9 Å². The van der Waals surface area contributed by atoms with Gasteiger partial charge in [0.25, 0.3) is 5.91 Å². The first-order valence-electron chi connectivity index (χ1n) is 4.88. The van der Waals surface area contributed by atoms with Crippen molar-refractivity contribution in [1.82, 2.24) is 4.90 Å². The Morgan fingerprint density at radius 2 is 2.29 bits per heavy atom. The maximum Gasteiger partial charge on any atom is 0.330 e. The van der Waals surface area contributed by atoms with Crippen LogP contribution in [0.5, 0.6) is 0 Å². The summed E-state index contributed by atoms with van der Waals surface area (Å²) in [5.41, 5.74) is 5.24. The zero-order valence-corrected chi connectivity index (χ0v) is 11.6. The van der Waals surface area contributed by atoms with Crippen molar-refractivity contribution in [3.63, 3.8) is 0 Å². The molecule has 1 aromatic heterocycles. The summed E-state index contributed by atoms with van der Waals surface area (Å²) in [7, 11) is 1.55. The van der Waals surface area contributed by atoms with E-state index in [1.807, 2.05) is 11.4 Å². The molecule has 1 unspecified atom stereocenters. The van der Waals surface area contributed by atoms with Crippen LogP contribution in [0.4, 0.5) is 0 Å². The molecule has 0 spiro atoms. The fraction of sp³-hybridized carbons (Fsp3) is 0.400. The van der Waals surface area contributed by atoms with Gasteiger partial charge in [0.1, 0.15) is 0 Å². The lowest BCUT2D eigenvalue weighted by Gasteiger charge is -2.18. The van der Waals surface area contributed by atoms with Crippen LogP contribution < -0.4 is 5.73 Å². The molecule has 0 fully saturated rings. The van der Waals surface area contributed by atoms with Crippen molar-refractivity contribution in [3.05, 3.63) is 20.8 Å². The van der Waals surface area contributed by atoms with Gasteiger partial charge < -0.3 is 15.7 Å². The highest BCUT2D eigenvalue weighted by atomic mass is 79.9. The monoisotopic (exact) mass is 320 g/mol. The van der Waals surface area contributed by atoms with E-state index in [9.17, 15) is 9.59 Å². The van der Waals surface area contributed by atoms with Crippen molar-refractivity contribution in [2.24, 2.45) is 5.73 Å². The number of nitrogens with zero attached hydrogens (tertiary/aromatic N) is 1. The Morgan fingerprint density at radius 3 is 2.76 bits per heavy atom. The summed E-state index contributed by atoms with van der Waals surface area (Å²) in [4.78, 5) is 24.5. The van der Waals surface area contributed by atoms with Gasteiger partial charge in [-0.1, -0.05) is 0 Å². The molecule has 1 heterocycles. The van der Waals surface area contributed by atoms with Gasteiger partial charge in [0.05, 0.1) is 0 Å². The second-order valence-electron chi connectivity index (χ2n) is 3.56. The van der Waals surface area contributed by atoms with Crippen molar-refractivity contribution in [3.8, 4) is 0 Å². The number of carboxylic acid groups (broad SMARTS) is 1.